The van der Waals surface area contributed by atoms with Gasteiger partial charge in [-0.25, -0.2) is 9.59 Å². The number of carbonyl (C=O) groups is 2. The zero-order valence-corrected chi connectivity index (χ0v) is 15.5. The topological polar surface area (TPSA) is 67.9 Å². The van der Waals surface area contributed by atoms with Crippen LogP contribution in [0.25, 0.3) is 0 Å². The van der Waals surface area contributed by atoms with Gasteiger partial charge in [-0.3, -0.25) is 5.32 Å². The molecule has 1 heterocycles. The van der Waals surface area contributed by atoms with Gasteiger partial charge in [-0.05, 0) is 17.0 Å². The van der Waals surface area contributed by atoms with Crippen molar-refractivity contribution >= 4 is 12.1 Å². The number of hydroxylamine groups is 2. The predicted molar refractivity (Wildman–Crippen MR) is 100 cm³/mol. The molecule has 1 amide bonds. The van der Waals surface area contributed by atoms with E-state index in [9.17, 15) is 9.59 Å². The van der Waals surface area contributed by atoms with Gasteiger partial charge in [-0.15, -0.1) is 5.06 Å². The lowest BCUT2D eigenvalue weighted by molar-refractivity contribution is -0.186. The number of ether oxygens (including phenoxy) is 1. The Bertz CT molecular complexity index is 764. The first-order valence-corrected chi connectivity index (χ1v) is 9.06. The first-order chi connectivity index (χ1) is 13.1. The van der Waals surface area contributed by atoms with Gasteiger partial charge in [0.2, 0.25) is 0 Å². The lowest BCUT2D eigenvalue weighted by Crippen LogP contribution is -2.42. The molecule has 1 aliphatic heterocycles. The third kappa shape index (κ3) is 4.65. The minimum absolute atomic E-state index is 0.108. The number of hydrogen-bond donors (Lipinski definition) is 1. The third-order valence-corrected chi connectivity index (χ3v) is 4.54. The lowest BCUT2D eigenvalue weighted by atomic mass is 10.1. The van der Waals surface area contributed by atoms with Gasteiger partial charge >= 0.3 is 12.1 Å². The highest BCUT2D eigenvalue weighted by molar-refractivity contribution is 5.79. The first-order valence-electron chi connectivity index (χ1n) is 9.06. The van der Waals surface area contributed by atoms with E-state index >= 15 is 0 Å². The van der Waals surface area contributed by atoms with Crippen LogP contribution in [-0.2, 0) is 20.9 Å². The van der Waals surface area contributed by atoms with Gasteiger partial charge < -0.3 is 9.57 Å². The van der Waals surface area contributed by atoms with Crippen molar-refractivity contribution in [1.29, 1.82) is 0 Å². The highest BCUT2D eigenvalue weighted by atomic mass is 16.8. The van der Waals surface area contributed by atoms with E-state index < -0.39 is 18.1 Å². The van der Waals surface area contributed by atoms with Crippen LogP contribution in [-0.4, -0.2) is 29.8 Å². The summed E-state index contributed by atoms with van der Waals surface area (Å²) in [4.78, 5) is 30.3. The Balaban J connectivity index is 1.75. The van der Waals surface area contributed by atoms with Crippen molar-refractivity contribution in [3.8, 4) is 0 Å². The standard InChI is InChI=1S/C21H24N2O4/c1-15(2)18-14-26-21(25)23(18)27-20(24)19(17-11-7-4-8-12-17)22-13-16-9-5-3-6-10-16/h3-12,15,18-19,22H,13-14H2,1-2H3/t18-,19?/m0/s1. The molecule has 3 rings (SSSR count). The molecule has 1 saturated heterocycles. The normalized spacial score (nSPS) is 17.7. The number of carbonyl (C=O) groups excluding carboxylic acids is 2. The fraction of sp³-hybridized carbons (Fsp3) is 0.333. The van der Waals surface area contributed by atoms with Gasteiger partial charge in [0.25, 0.3) is 0 Å². The molecule has 0 radical (unpaired) electrons. The molecule has 1 aliphatic rings. The van der Waals surface area contributed by atoms with E-state index in [2.05, 4.69) is 5.32 Å². The molecule has 2 aromatic rings. The number of amides is 1. The summed E-state index contributed by atoms with van der Waals surface area (Å²) < 4.78 is 5.04. The Labute approximate surface area is 159 Å². The molecule has 6 heteroatoms. The maximum atomic E-state index is 12.9. The Morgan fingerprint density at radius 2 is 1.78 bits per heavy atom. The predicted octanol–water partition coefficient (Wildman–Crippen LogP) is 3.45. The van der Waals surface area contributed by atoms with Gasteiger partial charge in [0, 0.05) is 6.54 Å². The molecule has 0 aromatic heterocycles. The summed E-state index contributed by atoms with van der Waals surface area (Å²) in [5.74, 6) is -0.432. The molecule has 1 N–H and O–H groups in total. The number of rotatable bonds is 7. The summed E-state index contributed by atoms with van der Waals surface area (Å²) in [6.45, 7) is 4.62. The van der Waals surface area contributed by atoms with Crippen LogP contribution in [0.3, 0.4) is 0 Å². The summed E-state index contributed by atoms with van der Waals surface area (Å²) >= 11 is 0. The zero-order chi connectivity index (χ0) is 19.2. The lowest BCUT2D eigenvalue weighted by Gasteiger charge is -2.25. The fourth-order valence-electron chi connectivity index (χ4n) is 2.94. The molecule has 0 saturated carbocycles. The molecule has 0 spiro atoms. The molecular weight excluding hydrogens is 344 g/mol. The molecule has 2 atom stereocenters. The van der Waals surface area contributed by atoms with E-state index in [0.29, 0.717) is 6.54 Å². The van der Waals surface area contributed by atoms with Crippen molar-refractivity contribution in [2.45, 2.75) is 32.5 Å². The van der Waals surface area contributed by atoms with Crippen LogP contribution in [0.1, 0.15) is 31.0 Å². The zero-order valence-electron chi connectivity index (χ0n) is 15.5. The average Bonchev–Trinajstić information content (AvgIpc) is 3.04. The molecule has 142 valence electrons. The monoisotopic (exact) mass is 368 g/mol. The summed E-state index contributed by atoms with van der Waals surface area (Å²) in [5.41, 5.74) is 1.82. The SMILES string of the molecule is CC(C)[C@@H]1COC(=O)N1OC(=O)C(NCc1ccccc1)c1ccccc1. The first kappa shape index (κ1) is 18.9. The molecule has 6 nitrogen and oxygen atoms in total. The van der Waals surface area contributed by atoms with Crippen LogP contribution in [0.4, 0.5) is 4.79 Å². The summed E-state index contributed by atoms with van der Waals surface area (Å²) in [6.07, 6.45) is -0.628. The second kappa shape index (κ2) is 8.68. The van der Waals surface area contributed by atoms with E-state index in [1.807, 2.05) is 74.5 Å². The summed E-state index contributed by atoms with van der Waals surface area (Å²) in [6, 6.07) is 18.1. The molecule has 0 aliphatic carbocycles. The van der Waals surface area contributed by atoms with Crippen molar-refractivity contribution in [2.24, 2.45) is 5.92 Å². The number of nitrogens with one attached hydrogen (secondary N) is 1. The van der Waals surface area contributed by atoms with Crippen LogP contribution in [0.15, 0.2) is 60.7 Å². The van der Waals surface area contributed by atoms with Gasteiger partial charge in [-0.1, -0.05) is 74.5 Å². The molecular formula is C21H24N2O4. The molecule has 2 aromatic carbocycles. The van der Waals surface area contributed by atoms with E-state index in [-0.39, 0.29) is 18.6 Å². The highest BCUT2D eigenvalue weighted by Crippen LogP contribution is 2.23. The molecule has 27 heavy (non-hydrogen) atoms. The van der Waals surface area contributed by atoms with E-state index in [1.54, 1.807) is 0 Å². The Morgan fingerprint density at radius 3 is 2.41 bits per heavy atom. The number of benzene rings is 2. The van der Waals surface area contributed by atoms with Crippen molar-refractivity contribution in [3.05, 3.63) is 71.8 Å². The third-order valence-electron chi connectivity index (χ3n) is 4.54. The van der Waals surface area contributed by atoms with Crippen LogP contribution < -0.4 is 5.32 Å². The quantitative estimate of drug-likeness (QED) is 0.811. The van der Waals surface area contributed by atoms with Crippen molar-refractivity contribution in [2.75, 3.05) is 6.61 Å². The summed E-state index contributed by atoms with van der Waals surface area (Å²) in [7, 11) is 0. The van der Waals surface area contributed by atoms with E-state index in [0.717, 1.165) is 16.2 Å². The Kier molecular flexibility index (Phi) is 6.08. The van der Waals surface area contributed by atoms with Crippen LogP contribution >= 0.6 is 0 Å². The fourth-order valence-corrected chi connectivity index (χ4v) is 2.94. The second-order valence-electron chi connectivity index (χ2n) is 6.83. The minimum Gasteiger partial charge on any atom is -0.445 e. The van der Waals surface area contributed by atoms with Gasteiger partial charge in [0.1, 0.15) is 18.7 Å². The van der Waals surface area contributed by atoms with Crippen molar-refractivity contribution < 1.29 is 19.2 Å². The van der Waals surface area contributed by atoms with Crippen molar-refractivity contribution in [1.82, 2.24) is 10.4 Å². The maximum Gasteiger partial charge on any atom is 0.443 e. The van der Waals surface area contributed by atoms with E-state index in [1.165, 1.54) is 0 Å². The highest BCUT2D eigenvalue weighted by Gasteiger charge is 2.39. The molecule has 1 unspecified atom stereocenters. The number of hydrogen-bond acceptors (Lipinski definition) is 5. The van der Waals surface area contributed by atoms with E-state index in [4.69, 9.17) is 9.57 Å². The molecule has 1 fully saturated rings. The average molecular weight is 368 g/mol. The van der Waals surface area contributed by atoms with Crippen molar-refractivity contribution in [3.63, 3.8) is 0 Å². The number of cyclic esters (lactones) is 1. The Morgan fingerprint density at radius 1 is 1.15 bits per heavy atom. The van der Waals surface area contributed by atoms with Gasteiger partial charge in [0.05, 0.1) is 0 Å². The van der Waals surface area contributed by atoms with Gasteiger partial charge in [0.15, 0.2) is 0 Å². The maximum absolute atomic E-state index is 12.9. The smallest absolute Gasteiger partial charge is 0.443 e. The van der Waals surface area contributed by atoms with Crippen LogP contribution in [0.5, 0.6) is 0 Å². The van der Waals surface area contributed by atoms with Crippen LogP contribution in [0.2, 0.25) is 0 Å². The minimum atomic E-state index is -0.701. The second-order valence-corrected chi connectivity index (χ2v) is 6.83. The summed E-state index contributed by atoms with van der Waals surface area (Å²) in [5, 5.41) is 4.29. The largest absolute Gasteiger partial charge is 0.445 e. The number of nitrogens with zero attached hydrogens (tertiary/aromatic N) is 1. The molecule has 0 bridgehead atoms. The van der Waals surface area contributed by atoms with Crippen LogP contribution in [0, 0.1) is 5.92 Å². The Hall–Kier alpha value is -2.86. The van der Waals surface area contributed by atoms with Gasteiger partial charge in [-0.2, -0.15) is 0 Å².